The SMILES string of the molecule is CNS(=O)(=O)c1c(C)cc(OC)c(C)c1C. The van der Waals surface area contributed by atoms with Gasteiger partial charge < -0.3 is 4.74 Å². The van der Waals surface area contributed by atoms with Crippen LogP contribution in [0, 0.1) is 20.8 Å². The van der Waals surface area contributed by atoms with Crippen LogP contribution < -0.4 is 9.46 Å². The van der Waals surface area contributed by atoms with E-state index in [4.69, 9.17) is 4.74 Å². The van der Waals surface area contributed by atoms with Crippen molar-refractivity contribution in [3.05, 3.63) is 22.8 Å². The summed E-state index contributed by atoms with van der Waals surface area (Å²) in [5, 5.41) is 0. The minimum Gasteiger partial charge on any atom is -0.496 e. The molecule has 0 aromatic heterocycles. The van der Waals surface area contributed by atoms with Crippen LogP contribution in [0.4, 0.5) is 0 Å². The molecule has 1 aromatic rings. The average Bonchev–Trinajstić information content (AvgIpc) is 2.23. The lowest BCUT2D eigenvalue weighted by atomic mass is 10.1. The maximum Gasteiger partial charge on any atom is 0.240 e. The van der Waals surface area contributed by atoms with Gasteiger partial charge in [0.05, 0.1) is 12.0 Å². The molecule has 0 saturated heterocycles. The Labute approximate surface area is 96.7 Å². The zero-order valence-electron chi connectivity index (χ0n) is 10.2. The van der Waals surface area contributed by atoms with Gasteiger partial charge in [0.25, 0.3) is 0 Å². The molecule has 1 aromatic carbocycles. The van der Waals surface area contributed by atoms with Crippen molar-refractivity contribution < 1.29 is 13.2 Å². The van der Waals surface area contributed by atoms with E-state index in [1.807, 2.05) is 6.92 Å². The average molecular weight is 243 g/mol. The Bertz CT molecular complexity index is 506. The van der Waals surface area contributed by atoms with Crippen molar-refractivity contribution in [2.24, 2.45) is 0 Å². The first-order valence-electron chi connectivity index (χ1n) is 4.93. The van der Waals surface area contributed by atoms with Gasteiger partial charge in [-0.3, -0.25) is 0 Å². The normalized spacial score (nSPS) is 11.6. The third-order valence-corrected chi connectivity index (χ3v) is 4.44. The molecule has 90 valence electrons. The van der Waals surface area contributed by atoms with Gasteiger partial charge in [-0.25, -0.2) is 13.1 Å². The third kappa shape index (κ3) is 2.05. The highest BCUT2D eigenvalue weighted by Crippen LogP contribution is 2.30. The van der Waals surface area contributed by atoms with Crippen LogP contribution in [-0.4, -0.2) is 22.6 Å². The molecular formula is C11H17NO3S. The summed E-state index contributed by atoms with van der Waals surface area (Å²) in [5.41, 5.74) is 2.27. The molecule has 0 aliphatic carbocycles. The van der Waals surface area contributed by atoms with E-state index in [9.17, 15) is 8.42 Å². The van der Waals surface area contributed by atoms with Crippen molar-refractivity contribution in [1.29, 1.82) is 0 Å². The van der Waals surface area contributed by atoms with Crippen molar-refractivity contribution in [3.8, 4) is 5.75 Å². The summed E-state index contributed by atoms with van der Waals surface area (Å²) in [6, 6.07) is 1.74. The van der Waals surface area contributed by atoms with Crippen LogP contribution in [0.2, 0.25) is 0 Å². The number of benzene rings is 1. The number of rotatable bonds is 3. The molecule has 5 heteroatoms. The van der Waals surface area contributed by atoms with Crippen LogP contribution >= 0.6 is 0 Å². The Hall–Kier alpha value is -1.07. The quantitative estimate of drug-likeness (QED) is 0.876. The molecular weight excluding hydrogens is 226 g/mol. The van der Waals surface area contributed by atoms with Gasteiger partial charge in [-0.05, 0) is 50.6 Å². The summed E-state index contributed by atoms with van der Waals surface area (Å²) in [6.07, 6.45) is 0. The highest BCUT2D eigenvalue weighted by atomic mass is 32.2. The summed E-state index contributed by atoms with van der Waals surface area (Å²) in [4.78, 5) is 0.341. The number of ether oxygens (including phenoxy) is 1. The fourth-order valence-electron chi connectivity index (χ4n) is 1.75. The number of sulfonamides is 1. The Balaban J connectivity index is 3.61. The number of methoxy groups -OCH3 is 1. The Morgan fingerprint density at radius 1 is 1.19 bits per heavy atom. The van der Waals surface area contributed by atoms with Gasteiger partial charge >= 0.3 is 0 Å². The maximum absolute atomic E-state index is 11.8. The zero-order chi connectivity index (χ0) is 12.5. The van der Waals surface area contributed by atoms with E-state index in [0.29, 0.717) is 16.2 Å². The molecule has 1 N–H and O–H groups in total. The standard InChI is InChI=1S/C11H17NO3S/c1-7-6-10(15-5)8(2)9(3)11(7)16(13,14)12-4/h6,12H,1-5H3. The lowest BCUT2D eigenvalue weighted by Gasteiger charge is -2.15. The molecule has 0 radical (unpaired) electrons. The first-order valence-corrected chi connectivity index (χ1v) is 6.41. The van der Waals surface area contributed by atoms with Gasteiger partial charge in [-0.15, -0.1) is 0 Å². The smallest absolute Gasteiger partial charge is 0.240 e. The van der Waals surface area contributed by atoms with Gasteiger partial charge in [0, 0.05) is 0 Å². The third-order valence-electron chi connectivity index (χ3n) is 2.74. The lowest BCUT2D eigenvalue weighted by Crippen LogP contribution is -2.21. The predicted octanol–water partition coefficient (Wildman–Crippen LogP) is 1.53. The molecule has 0 atom stereocenters. The Morgan fingerprint density at radius 2 is 1.75 bits per heavy atom. The highest BCUT2D eigenvalue weighted by molar-refractivity contribution is 7.89. The van der Waals surface area contributed by atoms with Crippen molar-refractivity contribution in [2.75, 3.05) is 14.2 Å². The van der Waals surface area contributed by atoms with E-state index in [1.54, 1.807) is 27.0 Å². The highest BCUT2D eigenvalue weighted by Gasteiger charge is 2.20. The van der Waals surface area contributed by atoms with Crippen LogP contribution in [-0.2, 0) is 10.0 Å². The van der Waals surface area contributed by atoms with Crippen molar-refractivity contribution in [2.45, 2.75) is 25.7 Å². The summed E-state index contributed by atoms with van der Waals surface area (Å²) in [5.74, 6) is 0.713. The first-order chi connectivity index (χ1) is 7.35. The van der Waals surface area contributed by atoms with Crippen LogP contribution in [0.25, 0.3) is 0 Å². The van der Waals surface area contributed by atoms with Crippen molar-refractivity contribution in [1.82, 2.24) is 4.72 Å². The van der Waals surface area contributed by atoms with Gasteiger partial charge in [-0.2, -0.15) is 0 Å². The zero-order valence-corrected chi connectivity index (χ0v) is 11.0. The molecule has 0 aliphatic heterocycles. The van der Waals surface area contributed by atoms with Crippen molar-refractivity contribution in [3.63, 3.8) is 0 Å². The number of nitrogens with one attached hydrogen (secondary N) is 1. The molecule has 0 amide bonds. The molecule has 16 heavy (non-hydrogen) atoms. The van der Waals surface area contributed by atoms with E-state index >= 15 is 0 Å². The molecule has 1 rings (SSSR count). The van der Waals surface area contributed by atoms with Crippen LogP contribution in [0.3, 0.4) is 0 Å². The minimum atomic E-state index is -3.41. The molecule has 0 heterocycles. The molecule has 0 saturated carbocycles. The predicted molar refractivity (Wildman–Crippen MR) is 63.5 cm³/mol. The molecule has 4 nitrogen and oxygen atoms in total. The maximum atomic E-state index is 11.8. The second kappa shape index (κ2) is 4.43. The van der Waals surface area contributed by atoms with E-state index in [1.165, 1.54) is 7.05 Å². The minimum absolute atomic E-state index is 0.341. The second-order valence-electron chi connectivity index (χ2n) is 3.68. The fraction of sp³-hybridized carbons (Fsp3) is 0.455. The Morgan fingerprint density at radius 3 is 2.19 bits per heavy atom. The number of hydrogen-bond acceptors (Lipinski definition) is 3. The van der Waals surface area contributed by atoms with Gasteiger partial charge in [0.1, 0.15) is 5.75 Å². The van der Waals surface area contributed by atoms with E-state index in [-0.39, 0.29) is 0 Å². The van der Waals surface area contributed by atoms with Crippen LogP contribution in [0.1, 0.15) is 16.7 Å². The van der Waals surface area contributed by atoms with E-state index in [0.717, 1.165) is 11.1 Å². The van der Waals surface area contributed by atoms with Gasteiger partial charge in [-0.1, -0.05) is 0 Å². The Kier molecular flexibility index (Phi) is 3.60. The molecule has 0 bridgehead atoms. The van der Waals surface area contributed by atoms with E-state index < -0.39 is 10.0 Å². The summed E-state index contributed by atoms with van der Waals surface area (Å²) in [7, 11) is -0.425. The van der Waals surface area contributed by atoms with E-state index in [2.05, 4.69) is 4.72 Å². The number of hydrogen-bond donors (Lipinski definition) is 1. The second-order valence-corrected chi connectivity index (χ2v) is 5.51. The van der Waals surface area contributed by atoms with Gasteiger partial charge in [0.15, 0.2) is 0 Å². The van der Waals surface area contributed by atoms with Crippen LogP contribution in [0.5, 0.6) is 5.75 Å². The lowest BCUT2D eigenvalue weighted by molar-refractivity contribution is 0.410. The summed E-state index contributed by atoms with van der Waals surface area (Å²) < 4.78 is 31.2. The molecule has 0 fully saturated rings. The first kappa shape index (κ1) is 13.0. The molecule has 0 unspecified atom stereocenters. The number of aryl methyl sites for hydroxylation is 1. The molecule has 0 spiro atoms. The summed E-state index contributed by atoms with van der Waals surface area (Å²) in [6.45, 7) is 5.40. The van der Waals surface area contributed by atoms with Gasteiger partial charge in [0.2, 0.25) is 10.0 Å². The largest absolute Gasteiger partial charge is 0.496 e. The molecule has 0 aliphatic rings. The van der Waals surface area contributed by atoms with Crippen LogP contribution in [0.15, 0.2) is 11.0 Å². The fourth-order valence-corrected chi connectivity index (χ4v) is 2.99. The monoisotopic (exact) mass is 243 g/mol. The topological polar surface area (TPSA) is 55.4 Å². The van der Waals surface area contributed by atoms with Crippen molar-refractivity contribution >= 4 is 10.0 Å². The summed E-state index contributed by atoms with van der Waals surface area (Å²) >= 11 is 0.